The molecule has 0 aliphatic carbocycles. The van der Waals surface area contributed by atoms with E-state index in [-0.39, 0.29) is 11.8 Å². The highest BCUT2D eigenvalue weighted by atomic mass is 16.5. The van der Waals surface area contributed by atoms with Crippen LogP contribution in [0.4, 0.5) is 5.69 Å². The Morgan fingerprint density at radius 3 is 2.67 bits per heavy atom. The average molecular weight is 336 g/mol. The lowest BCUT2D eigenvalue weighted by molar-refractivity contribution is -0.127. The fourth-order valence-electron chi connectivity index (χ4n) is 2.89. The topological polar surface area (TPSA) is 77.1 Å². The van der Waals surface area contributed by atoms with Crippen molar-refractivity contribution in [3.05, 3.63) is 18.2 Å². The quantitative estimate of drug-likeness (QED) is 0.761. The van der Waals surface area contributed by atoms with Crippen molar-refractivity contribution in [1.29, 1.82) is 0 Å². The number of nitrogens with zero attached hydrogens (tertiary/aromatic N) is 1. The highest BCUT2D eigenvalue weighted by Gasteiger charge is 2.48. The Kier molecular flexibility index (Phi) is 5.66. The Morgan fingerprint density at radius 1 is 1.29 bits per heavy atom. The van der Waals surface area contributed by atoms with E-state index in [9.17, 15) is 9.59 Å². The third-order valence-corrected chi connectivity index (χ3v) is 4.28. The molecule has 132 valence electrons. The number of carbonyl (C=O) groups excluding carboxylic acids is 2. The van der Waals surface area contributed by atoms with E-state index in [2.05, 4.69) is 5.32 Å². The molecule has 1 aliphatic rings. The molecule has 1 fully saturated rings. The predicted octanol–water partition coefficient (Wildman–Crippen LogP) is 1.35. The van der Waals surface area contributed by atoms with E-state index in [0.717, 1.165) is 0 Å². The van der Waals surface area contributed by atoms with Crippen molar-refractivity contribution in [2.75, 3.05) is 39.4 Å². The molecule has 7 heteroatoms. The molecule has 1 saturated heterocycles. The number of methoxy groups -OCH3 is 3. The van der Waals surface area contributed by atoms with E-state index in [4.69, 9.17) is 14.2 Å². The molecule has 1 aromatic carbocycles. The third kappa shape index (κ3) is 3.31. The maximum Gasteiger partial charge on any atom is 0.246 e. The van der Waals surface area contributed by atoms with Crippen molar-refractivity contribution >= 4 is 17.5 Å². The summed E-state index contributed by atoms with van der Waals surface area (Å²) < 4.78 is 15.5. The Hall–Kier alpha value is -2.28. The van der Waals surface area contributed by atoms with Crippen molar-refractivity contribution in [1.82, 2.24) is 5.32 Å². The monoisotopic (exact) mass is 336 g/mol. The van der Waals surface area contributed by atoms with Crippen molar-refractivity contribution in [2.24, 2.45) is 0 Å². The summed E-state index contributed by atoms with van der Waals surface area (Å²) in [6.45, 7) is 2.58. The number of rotatable bonds is 7. The molecule has 1 atom stereocenters. The van der Waals surface area contributed by atoms with Gasteiger partial charge in [0, 0.05) is 26.1 Å². The molecule has 0 aromatic heterocycles. The Morgan fingerprint density at radius 2 is 2.04 bits per heavy atom. The smallest absolute Gasteiger partial charge is 0.246 e. The number of hydrogen-bond acceptors (Lipinski definition) is 5. The number of carbonyl (C=O) groups is 2. The van der Waals surface area contributed by atoms with Crippen LogP contribution in [0.15, 0.2) is 18.2 Å². The highest BCUT2D eigenvalue weighted by molar-refractivity contribution is 6.07. The Labute approximate surface area is 141 Å². The maximum absolute atomic E-state index is 12.7. The van der Waals surface area contributed by atoms with Gasteiger partial charge in [0.1, 0.15) is 17.0 Å². The van der Waals surface area contributed by atoms with E-state index in [1.165, 1.54) is 12.0 Å². The van der Waals surface area contributed by atoms with Crippen molar-refractivity contribution < 1.29 is 23.8 Å². The van der Waals surface area contributed by atoms with Gasteiger partial charge in [-0.2, -0.15) is 0 Å². The largest absolute Gasteiger partial charge is 0.497 e. The zero-order valence-corrected chi connectivity index (χ0v) is 14.5. The van der Waals surface area contributed by atoms with Gasteiger partial charge in [-0.05, 0) is 25.5 Å². The summed E-state index contributed by atoms with van der Waals surface area (Å²) in [5, 5.41) is 2.82. The van der Waals surface area contributed by atoms with E-state index in [0.29, 0.717) is 43.2 Å². The van der Waals surface area contributed by atoms with Gasteiger partial charge in [-0.3, -0.25) is 14.5 Å². The number of anilines is 1. The molecule has 1 aliphatic heterocycles. The van der Waals surface area contributed by atoms with Crippen LogP contribution in [0.1, 0.15) is 19.8 Å². The van der Waals surface area contributed by atoms with Gasteiger partial charge >= 0.3 is 0 Å². The molecule has 0 bridgehead atoms. The second-order valence-corrected chi connectivity index (χ2v) is 5.79. The van der Waals surface area contributed by atoms with Crippen LogP contribution in [0.3, 0.4) is 0 Å². The predicted molar refractivity (Wildman–Crippen MR) is 89.6 cm³/mol. The number of nitrogens with one attached hydrogen (secondary N) is 1. The Bertz CT molecular complexity index is 619. The second kappa shape index (κ2) is 7.53. The summed E-state index contributed by atoms with van der Waals surface area (Å²) in [5.41, 5.74) is -0.405. The number of benzene rings is 1. The van der Waals surface area contributed by atoms with Gasteiger partial charge in [-0.25, -0.2) is 0 Å². The van der Waals surface area contributed by atoms with Gasteiger partial charge in [0.05, 0.1) is 26.5 Å². The molecular formula is C17H24N2O5. The number of hydrogen-bond donors (Lipinski definition) is 1. The fraction of sp³-hybridized carbons (Fsp3) is 0.529. The minimum Gasteiger partial charge on any atom is -0.497 e. The summed E-state index contributed by atoms with van der Waals surface area (Å²) >= 11 is 0. The summed E-state index contributed by atoms with van der Waals surface area (Å²) in [5.74, 6) is 0.792. The van der Waals surface area contributed by atoms with Crippen LogP contribution >= 0.6 is 0 Å². The van der Waals surface area contributed by atoms with E-state index >= 15 is 0 Å². The average Bonchev–Trinajstić information content (AvgIpc) is 2.90. The minimum atomic E-state index is -0.966. The molecule has 1 aromatic rings. The molecule has 2 amide bonds. The Balaban J connectivity index is 2.35. The molecule has 24 heavy (non-hydrogen) atoms. The first-order valence-electron chi connectivity index (χ1n) is 7.80. The van der Waals surface area contributed by atoms with Crippen LogP contribution in [0.25, 0.3) is 0 Å². The molecule has 0 spiro atoms. The molecular weight excluding hydrogens is 312 g/mol. The van der Waals surface area contributed by atoms with E-state index < -0.39 is 5.54 Å². The first-order valence-corrected chi connectivity index (χ1v) is 7.80. The highest BCUT2D eigenvalue weighted by Crippen LogP contribution is 2.41. The zero-order chi connectivity index (χ0) is 17.7. The van der Waals surface area contributed by atoms with Crippen LogP contribution in [-0.2, 0) is 14.3 Å². The van der Waals surface area contributed by atoms with E-state index in [1.807, 2.05) is 0 Å². The van der Waals surface area contributed by atoms with Crippen LogP contribution in [0, 0.1) is 0 Å². The van der Waals surface area contributed by atoms with Crippen molar-refractivity contribution in [3.8, 4) is 11.5 Å². The zero-order valence-electron chi connectivity index (χ0n) is 14.5. The van der Waals surface area contributed by atoms with Crippen LogP contribution < -0.4 is 19.7 Å². The van der Waals surface area contributed by atoms with Crippen LogP contribution in [-0.4, -0.2) is 51.8 Å². The lowest BCUT2D eigenvalue weighted by atomic mass is 9.97. The second-order valence-electron chi connectivity index (χ2n) is 5.79. The maximum atomic E-state index is 12.7. The van der Waals surface area contributed by atoms with Gasteiger partial charge in [0.25, 0.3) is 0 Å². The van der Waals surface area contributed by atoms with Gasteiger partial charge < -0.3 is 19.5 Å². The number of amides is 2. The minimum absolute atomic E-state index is 0.108. The van der Waals surface area contributed by atoms with Crippen molar-refractivity contribution in [2.45, 2.75) is 25.3 Å². The van der Waals surface area contributed by atoms with E-state index in [1.54, 1.807) is 39.3 Å². The standard InChI is InChI=1S/C17H24N2O5/c1-17(16(21)18-9-10-22-2)8-7-15(20)19(17)13-6-5-12(23-3)11-14(13)24-4/h5-6,11H,7-10H2,1-4H3,(H,18,21). The molecule has 0 saturated carbocycles. The first-order chi connectivity index (χ1) is 11.5. The summed E-state index contributed by atoms with van der Waals surface area (Å²) in [6.07, 6.45) is 0.753. The number of ether oxygens (including phenoxy) is 3. The lowest BCUT2D eigenvalue weighted by Gasteiger charge is -2.34. The lowest BCUT2D eigenvalue weighted by Crippen LogP contribution is -2.55. The molecule has 1 N–H and O–H groups in total. The van der Waals surface area contributed by atoms with Gasteiger partial charge in [-0.15, -0.1) is 0 Å². The third-order valence-electron chi connectivity index (χ3n) is 4.28. The summed E-state index contributed by atoms with van der Waals surface area (Å²) in [4.78, 5) is 26.7. The molecule has 1 heterocycles. The first kappa shape index (κ1) is 18.1. The van der Waals surface area contributed by atoms with Crippen molar-refractivity contribution in [3.63, 3.8) is 0 Å². The normalized spacial score (nSPS) is 20.2. The summed E-state index contributed by atoms with van der Waals surface area (Å²) in [7, 11) is 4.65. The fourth-order valence-corrected chi connectivity index (χ4v) is 2.89. The van der Waals surface area contributed by atoms with Gasteiger partial charge in [0.2, 0.25) is 11.8 Å². The molecule has 7 nitrogen and oxygen atoms in total. The molecule has 0 radical (unpaired) electrons. The molecule has 2 rings (SSSR count). The SMILES string of the molecule is COCCNC(=O)C1(C)CCC(=O)N1c1ccc(OC)cc1OC. The molecule has 1 unspecified atom stereocenters. The van der Waals surface area contributed by atoms with Gasteiger partial charge in [-0.1, -0.05) is 0 Å². The van der Waals surface area contributed by atoms with Gasteiger partial charge in [0.15, 0.2) is 0 Å². The summed E-state index contributed by atoms with van der Waals surface area (Å²) in [6, 6.07) is 5.18. The van der Waals surface area contributed by atoms with Crippen LogP contribution in [0.5, 0.6) is 11.5 Å². The van der Waals surface area contributed by atoms with Crippen LogP contribution in [0.2, 0.25) is 0 Å².